The van der Waals surface area contributed by atoms with Crippen molar-refractivity contribution < 1.29 is 29.2 Å². The first-order valence-corrected chi connectivity index (χ1v) is 12.1. The number of aliphatic hydroxyl groups is 2. The molecule has 1 amide bonds. The highest BCUT2D eigenvalue weighted by atomic mass is 16.5. The van der Waals surface area contributed by atoms with Gasteiger partial charge in [-0.3, -0.25) is 9.69 Å². The Hall–Kier alpha value is -1.03. The molecule has 1 fully saturated rings. The Morgan fingerprint density at radius 3 is 2.59 bits per heavy atom. The average Bonchev–Trinajstić information content (AvgIpc) is 2.76. The molecule has 0 aromatic rings. The van der Waals surface area contributed by atoms with Gasteiger partial charge in [-0.2, -0.15) is 0 Å². The number of nitrogens with zero attached hydrogens (tertiary/aromatic N) is 2. The highest BCUT2D eigenvalue weighted by Gasteiger charge is 2.30. The van der Waals surface area contributed by atoms with Gasteiger partial charge in [-0.1, -0.05) is 26.0 Å². The Morgan fingerprint density at radius 2 is 1.91 bits per heavy atom. The number of hydrogen-bond donors (Lipinski definition) is 2. The van der Waals surface area contributed by atoms with Gasteiger partial charge < -0.3 is 29.3 Å². The molecule has 2 rings (SSSR count). The Kier molecular flexibility index (Phi) is 12.7. The molecule has 0 aromatic heterocycles. The largest absolute Gasteiger partial charge is 0.388 e. The van der Waals surface area contributed by atoms with Crippen LogP contribution in [0.2, 0.25) is 0 Å². The Labute approximate surface area is 193 Å². The Balaban J connectivity index is 2.08. The van der Waals surface area contributed by atoms with Crippen LogP contribution in [0.4, 0.5) is 0 Å². The molecule has 0 aromatic carbocycles. The molecule has 0 spiro atoms. The highest BCUT2D eigenvalue weighted by molar-refractivity contribution is 5.73. The van der Waals surface area contributed by atoms with Crippen molar-refractivity contribution in [2.24, 2.45) is 11.8 Å². The quantitative estimate of drug-likeness (QED) is 0.582. The monoisotopic (exact) mass is 456 g/mol. The fraction of sp³-hybridized carbons (Fsp3) is 0.875. The molecule has 2 heterocycles. The van der Waals surface area contributed by atoms with Crippen molar-refractivity contribution in [3.8, 4) is 0 Å². The molecule has 3 atom stereocenters. The van der Waals surface area contributed by atoms with E-state index in [9.17, 15) is 15.0 Å². The summed E-state index contributed by atoms with van der Waals surface area (Å²) >= 11 is 0. The lowest BCUT2D eigenvalue weighted by atomic mass is 9.99. The van der Waals surface area contributed by atoms with Crippen molar-refractivity contribution in [2.75, 3.05) is 65.8 Å². The van der Waals surface area contributed by atoms with E-state index in [0.717, 1.165) is 52.1 Å². The smallest absolute Gasteiger partial charge is 0.219 e. The molecule has 186 valence electrons. The molecule has 2 aliphatic rings. The zero-order chi connectivity index (χ0) is 23.3. The summed E-state index contributed by atoms with van der Waals surface area (Å²) in [6, 6.07) is 0. The van der Waals surface area contributed by atoms with E-state index in [1.165, 1.54) is 0 Å². The van der Waals surface area contributed by atoms with E-state index in [1.54, 1.807) is 11.8 Å². The second kappa shape index (κ2) is 15.0. The fourth-order valence-corrected chi connectivity index (χ4v) is 4.02. The third kappa shape index (κ3) is 10.3. The summed E-state index contributed by atoms with van der Waals surface area (Å²) in [5.74, 6) is 1.00. The molecule has 2 aliphatic heterocycles. The summed E-state index contributed by atoms with van der Waals surface area (Å²) in [4.78, 5) is 16.5. The summed E-state index contributed by atoms with van der Waals surface area (Å²) in [7, 11) is 0. The second-order valence-electron chi connectivity index (χ2n) is 9.44. The molecule has 8 nitrogen and oxygen atoms in total. The Morgan fingerprint density at radius 1 is 1.16 bits per heavy atom. The summed E-state index contributed by atoms with van der Waals surface area (Å²) in [5, 5.41) is 21.2. The summed E-state index contributed by atoms with van der Waals surface area (Å²) in [6.45, 7) is 11.5. The van der Waals surface area contributed by atoms with Crippen molar-refractivity contribution in [3.63, 3.8) is 0 Å². The van der Waals surface area contributed by atoms with Gasteiger partial charge in [0.25, 0.3) is 0 Å². The highest BCUT2D eigenvalue weighted by Crippen LogP contribution is 2.17. The van der Waals surface area contributed by atoms with Crippen molar-refractivity contribution in [1.29, 1.82) is 0 Å². The lowest BCUT2D eigenvalue weighted by molar-refractivity contribution is -0.139. The van der Waals surface area contributed by atoms with Crippen LogP contribution in [0.15, 0.2) is 12.2 Å². The van der Waals surface area contributed by atoms with Crippen molar-refractivity contribution in [3.05, 3.63) is 12.2 Å². The maximum Gasteiger partial charge on any atom is 0.219 e. The van der Waals surface area contributed by atoms with Gasteiger partial charge in [0.15, 0.2) is 0 Å². The van der Waals surface area contributed by atoms with Crippen molar-refractivity contribution in [2.45, 2.75) is 58.3 Å². The van der Waals surface area contributed by atoms with Gasteiger partial charge in [0.2, 0.25) is 5.91 Å². The minimum Gasteiger partial charge on any atom is -0.388 e. The van der Waals surface area contributed by atoms with Gasteiger partial charge >= 0.3 is 0 Å². The molecule has 0 radical (unpaired) electrons. The van der Waals surface area contributed by atoms with Crippen LogP contribution in [0.25, 0.3) is 0 Å². The summed E-state index contributed by atoms with van der Waals surface area (Å²) in [6.07, 6.45) is 4.12. The number of ether oxygens (including phenoxy) is 3. The molecular weight excluding hydrogens is 412 g/mol. The molecule has 8 heteroatoms. The van der Waals surface area contributed by atoms with E-state index in [1.807, 2.05) is 6.08 Å². The van der Waals surface area contributed by atoms with Gasteiger partial charge in [0, 0.05) is 59.5 Å². The maximum atomic E-state index is 12.4. The molecule has 32 heavy (non-hydrogen) atoms. The van der Waals surface area contributed by atoms with E-state index in [2.05, 4.69) is 24.8 Å². The van der Waals surface area contributed by atoms with E-state index < -0.39 is 18.3 Å². The number of carbonyl (C=O) groups excluding carboxylic acids is 1. The van der Waals surface area contributed by atoms with Gasteiger partial charge in [-0.05, 0) is 31.1 Å². The number of aliphatic hydroxyl groups excluding tert-OH is 2. The first kappa shape index (κ1) is 27.2. The number of hydrogen-bond acceptors (Lipinski definition) is 7. The molecule has 1 saturated heterocycles. The van der Waals surface area contributed by atoms with Gasteiger partial charge in [-0.15, -0.1) is 0 Å². The van der Waals surface area contributed by atoms with E-state index in [4.69, 9.17) is 14.2 Å². The fourth-order valence-electron chi connectivity index (χ4n) is 4.02. The van der Waals surface area contributed by atoms with Crippen LogP contribution in [0.5, 0.6) is 0 Å². The summed E-state index contributed by atoms with van der Waals surface area (Å²) in [5.41, 5.74) is 0. The normalized spacial score (nSPS) is 29.1. The van der Waals surface area contributed by atoms with Crippen LogP contribution >= 0.6 is 0 Å². The van der Waals surface area contributed by atoms with E-state index in [-0.39, 0.29) is 19.1 Å². The number of amides is 1. The minimum atomic E-state index is -1.13. The topological polar surface area (TPSA) is 91.7 Å². The molecule has 0 saturated carbocycles. The lowest BCUT2D eigenvalue weighted by Crippen LogP contribution is -2.50. The first-order chi connectivity index (χ1) is 15.4. The number of carbonyl (C=O) groups is 1. The molecule has 2 N–H and O–H groups in total. The minimum absolute atomic E-state index is 0.0153. The van der Waals surface area contributed by atoms with Crippen LogP contribution < -0.4 is 0 Å². The maximum absolute atomic E-state index is 12.4. The van der Waals surface area contributed by atoms with Gasteiger partial charge in [0.05, 0.1) is 13.2 Å². The van der Waals surface area contributed by atoms with Crippen LogP contribution in [-0.2, 0) is 19.0 Å². The molecular formula is C24H44N2O6. The lowest BCUT2D eigenvalue weighted by Gasteiger charge is -2.34. The van der Waals surface area contributed by atoms with E-state index >= 15 is 0 Å². The van der Waals surface area contributed by atoms with E-state index in [0.29, 0.717) is 31.6 Å². The standard InChI is InChI=1S/C24H44N2O6/c1-19(2)6-15-32-23-17-26(20(3)27)11-10-25(16-21-7-13-30-14-8-21)9-4-5-12-31-18-22(28)24(23)29/h4-5,19,21-24,28-29H,6-18H2,1-3H3/b5-4+/t22-,23-,24-/m1/s1. The van der Waals surface area contributed by atoms with Crippen LogP contribution in [-0.4, -0.2) is 110 Å². The summed E-state index contributed by atoms with van der Waals surface area (Å²) < 4.78 is 17.0. The Bertz CT molecular complexity index is 553. The predicted molar refractivity (Wildman–Crippen MR) is 123 cm³/mol. The molecule has 0 unspecified atom stereocenters. The number of rotatable bonds is 6. The third-order valence-electron chi connectivity index (χ3n) is 6.22. The SMILES string of the molecule is CC(=O)N1CCN(CC2CCOCC2)C/C=C/COC[C@@H](O)[C@@H](O)[C@H](OCCC(C)C)C1. The van der Waals surface area contributed by atoms with Gasteiger partial charge in [0.1, 0.15) is 18.3 Å². The van der Waals surface area contributed by atoms with Crippen LogP contribution in [0, 0.1) is 11.8 Å². The zero-order valence-electron chi connectivity index (χ0n) is 20.2. The molecule has 0 bridgehead atoms. The van der Waals surface area contributed by atoms with Gasteiger partial charge in [-0.25, -0.2) is 0 Å². The van der Waals surface area contributed by atoms with Crippen molar-refractivity contribution >= 4 is 5.91 Å². The van der Waals surface area contributed by atoms with Crippen LogP contribution in [0.1, 0.15) is 40.0 Å². The average molecular weight is 457 g/mol. The first-order valence-electron chi connectivity index (χ1n) is 12.1. The zero-order valence-corrected chi connectivity index (χ0v) is 20.2. The second-order valence-corrected chi connectivity index (χ2v) is 9.44. The third-order valence-corrected chi connectivity index (χ3v) is 6.22. The molecule has 0 aliphatic carbocycles. The van der Waals surface area contributed by atoms with Crippen LogP contribution in [0.3, 0.4) is 0 Å². The van der Waals surface area contributed by atoms with Crippen molar-refractivity contribution in [1.82, 2.24) is 9.80 Å². The predicted octanol–water partition coefficient (Wildman–Crippen LogP) is 1.30.